The summed E-state index contributed by atoms with van der Waals surface area (Å²) in [5.41, 5.74) is 3.20. The first-order valence-corrected chi connectivity index (χ1v) is 8.82. The Morgan fingerprint density at radius 2 is 1.96 bits per heavy atom. The Morgan fingerprint density at radius 1 is 1.19 bits per heavy atom. The first-order valence-electron chi connectivity index (χ1n) is 8.42. The number of aryl methyl sites for hydroxylation is 1. The predicted molar refractivity (Wildman–Crippen MR) is 109 cm³/mol. The molecule has 0 aliphatic carbocycles. The first kappa shape index (κ1) is 18.1. The van der Waals surface area contributed by atoms with Crippen LogP contribution in [0, 0.1) is 6.92 Å². The molecule has 134 valence electrons. The third-order valence-corrected chi connectivity index (χ3v) is 4.57. The zero-order chi connectivity index (χ0) is 18.5. The van der Waals surface area contributed by atoms with Crippen LogP contribution in [0.4, 0.5) is 5.69 Å². The largest absolute Gasteiger partial charge is 0.395 e. The first-order chi connectivity index (χ1) is 12.6. The molecule has 0 unspecified atom stereocenters. The molecule has 5 nitrogen and oxygen atoms in total. The Hall–Kier alpha value is -2.70. The van der Waals surface area contributed by atoms with E-state index < -0.39 is 0 Å². The molecular weight excluding hydrogens is 346 g/mol. The molecule has 0 radical (unpaired) electrons. The standard InChI is InChI=1S/C20H21N3O2S/c1-14-6-5-7-15-12-16(19(25)22-18(14)15)13-23(10-11-24)20(26)21-17-8-3-2-4-9-17/h2-9,12,24H,10-11,13H2,1H3,(H,21,26)(H,22,25). The van der Waals surface area contributed by atoms with Crippen molar-refractivity contribution < 1.29 is 5.11 Å². The summed E-state index contributed by atoms with van der Waals surface area (Å²) in [7, 11) is 0. The molecule has 6 heteroatoms. The van der Waals surface area contributed by atoms with Gasteiger partial charge in [-0.15, -0.1) is 0 Å². The Morgan fingerprint density at radius 3 is 2.69 bits per heavy atom. The highest BCUT2D eigenvalue weighted by Crippen LogP contribution is 2.16. The number of anilines is 1. The number of hydrogen-bond acceptors (Lipinski definition) is 3. The molecule has 0 saturated carbocycles. The van der Waals surface area contributed by atoms with E-state index in [1.165, 1.54) is 0 Å². The summed E-state index contributed by atoms with van der Waals surface area (Å²) in [5.74, 6) is 0. The van der Waals surface area contributed by atoms with E-state index in [0.29, 0.717) is 23.8 Å². The Kier molecular flexibility index (Phi) is 5.65. The molecule has 3 N–H and O–H groups in total. The van der Waals surface area contributed by atoms with Crippen LogP contribution in [-0.2, 0) is 6.54 Å². The monoisotopic (exact) mass is 367 g/mol. The van der Waals surface area contributed by atoms with Gasteiger partial charge in [-0.2, -0.15) is 0 Å². The van der Waals surface area contributed by atoms with Gasteiger partial charge in [0.15, 0.2) is 5.11 Å². The molecule has 0 spiro atoms. The number of nitrogens with one attached hydrogen (secondary N) is 2. The quantitative estimate of drug-likeness (QED) is 0.605. The molecule has 2 aromatic carbocycles. The number of thiocarbonyl (C=S) groups is 1. The summed E-state index contributed by atoms with van der Waals surface area (Å²) >= 11 is 5.47. The predicted octanol–water partition coefficient (Wildman–Crippen LogP) is 3.03. The Bertz CT molecular complexity index is 970. The zero-order valence-corrected chi connectivity index (χ0v) is 15.3. The molecule has 0 amide bonds. The summed E-state index contributed by atoms with van der Waals surface area (Å²) in [6.07, 6.45) is 0. The van der Waals surface area contributed by atoms with E-state index in [0.717, 1.165) is 22.2 Å². The van der Waals surface area contributed by atoms with Crippen molar-refractivity contribution >= 4 is 33.9 Å². The normalized spacial score (nSPS) is 10.7. The van der Waals surface area contributed by atoms with E-state index in [1.54, 1.807) is 4.90 Å². The minimum atomic E-state index is -0.141. The van der Waals surface area contributed by atoms with Gasteiger partial charge in [0, 0.05) is 17.8 Å². The van der Waals surface area contributed by atoms with Gasteiger partial charge in [-0.3, -0.25) is 4.79 Å². The molecule has 0 fully saturated rings. The van der Waals surface area contributed by atoms with Gasteiger partial charge in [0.05, 0.1) is 18.7 Å². The summed E-state index contributed by atoms with van der Waals surface area (Å²) in [4.78, 5) is 17.2. The summed E-state index contributed by atoms with van der Waals surface area (Å²) in [5, 5.41) is 14.0. The lowest BCUT2D eigenvalue weighted by atomic mass is 10.1. The van der Waals surface area contributed by atoms with Crippen molar-refractivity contribution in [1.82, 2.24) is 9.88 Å². The number of H-pyrrole nitrogens is 1. The average molecular weight is 367 g/mol. The van der Waals surface area contributed by atoms with Crippen molar-refractivity contribution in [2.24, 2.45) is 0 Å². The maximum atomic E-state index is 12.5. The van der Waals surface area contributed by atoms with E-state index in [2.05, 4.69) is 10.3 Å². The molecule has 0 bridgehead atoms. The van der Waals surface area contributed by atoms with Gasteiger partial charge < -0.3 is 20.3 Å². The molecule has 3 rings (SSSR count). The van der Waals surface area contributed by atoms with E-state index >= 15 is 0 Å². The Balaban J connectivity index is 1.86. The van der Waals surface area contributed by atoms with Crippen LogP contribution in [0.25, 0.3) is 10.9 Å². The molecule has 1 heterocycles. The smallest absolute Gasteiger partial charge is 0.253 e. The third kappa shape index (κ3) is 4.09. The fraction of sp³-hybridized carbons (Fsp3) is 0.200. The topological polar surface area (TPSA) is 68.4 Å². The molecule has 3 aromatic rings. The SMILES string of the molecule is Cc1cccc2cc(CN(CCO)C(=S)Nc3ccccc3)c(=O)[nH]c12. The highest BCUT2D eigenvalue weighted by molar-refractivity contribution is 7.80. The lowest BCUT2D eigenvalue weighted by molar-refractivity contribution is 0.248. The maximum Gasteiger partial charge on any atom is 0.253 e. The van der Waals surface area contributed by atoms with Gasteiger partial charge in [0.1, 0.15) is 0 Å². The fourth-order valence-electron chi connectivity index (χ4n) is 2.85. The number of benzene rings is 2. The number of fused-ring (bicyclic) bond motifs is 1. The van der Waals surface area contributed by atoms with Gasteiger partial charge in [-0.25, -0.2) is 0 Å². The van der Waals surface area contributed by atoms with Crippen LogP contribution in [0.15, 0.2) is 59.4 Å². The van der Waals surface area contributed by atoms with Crippen molar-refractivity contribution in [3.05, 3.63) is 76.1 Å². The van der Waals surface area contributed by atoms with Gasteiger partial charge >= 0.3 is 0 Å². The number of para-hydroxylation sites is 2. The number of rotatable bonds is 5. The van der Waals surface area contributed by atoms with Gasteiger partial charge in [-0.1, -0.05) is 36.4 Å². The third-order valence-electron chi connectivity index (χ3n) is 4.21. The minimum absolute atomic E-state index is 0.0544. The van der Waals surface area contributed by atoms with E-state index in [9.17, 15) is 9.90 Å². The van der Waals surface area contributed by atoms with Gasteiger partial charge in [0.25, 0.3) is 5.56 Å². The van der Waals surface area contributed by atoms with E-state index in [-0.39, 0.29) is 12.2 Å². The maximum absolute atomic E-state index is 12.5. The molecule has 0 saturated heterocycles. The number of aliphatic hydroxyl groups excluding tert-OH is 1. The van der Waals surface area contributed by atoms with Crippen LogP contribution in [0.3, 0.4) is 0 Å². The second kappa shape index (κ2) is 8.12. The van der Waals surface area contributed by atoms with Crippen molar-refractivity contribution in [3.8, 4) is 0 Å². The van der Waals surface area contributed by atoms with Crippen LogP contribution in [0.5, 0.6) is 0 Å². The Labute approximate surface area is 157 Å². The number of aromatic nitrogens is 1. The second-order valence-corrected chi connectivity index (χ2v) is 6.49. The fourth-order valence-corrected chi connectivity index (χ4v) is 3.12. The van der Waals surface area contributed by atoms with Crippen LogP contribution in [-0.4, -0.2) is 33.3 Å². The van der Waals surface area contributed by atoms with Crippen LogP contribution in [0.1, 0.15) is 11.1 Å². The van der Waals surface area contributed by atoms with Gasteiger partial charge in [0.2, 0.25) is 0 Å². The average Bonchev–Trinajstić information content (AvgIpc) is 2.63. The minimum Gasteiger partial charge on any atom is -0.395 e. The number of hydrogen-bond donors (Lipinski definition) is 3. The molecule has 1 aromatic heterocycles. The summed E-state index contributed by atoms with van der Waals surface area (Å²) in [6.45, 7) is 2.57. The molecule has 0 aliphatic rings. The number of aromatic amines is 1. The van der Waals surface area contributed by atoms with Crippen molar-refractivity contribution in [2.45, 2.75) is 13.5 Å². The highest BCUT2D eigenvalue weighted by atomic mass is 32.1. The summed E-state index contributed by atoms with van der Waals surface area (Å²) < 4.78 is 0. The van der Waals surface area contributed by atoms with E-state index in [4.69, 9.17) is 12.2 Å². The lowest BCUT2D eigenvalue weighted by Crippen LogP contribution is -2.37. The number of pyridine rings is 1. The van der Waals surface area contributed by atoms with Crippen molar-refractivity contribution in [2.75, 3.05) is 18.5 Å². The van der Waals surface area contributed by atoms with Crippen molar-refractivity contribution in [1.29, 1.82) is 0 Å². The van der Waals surface area contributed by atoms with Crippen LogP contribution >= 0.6 is 12.2 Å². The number of nitrogens with zero attached hydrogens (tertiary/aromatic N) is 1. The van der Waals surface area contributed by atoms with Crippen LogP contribution < -0.4 is 10.9 Å². The van der Waals surface area contributed by atoms with E-state index in [1.807, 2.05) is 61.5 Å². The molecule has 0 aliphatic heterocycles. The molecular formula is C20H21N3O2S. The zero-order valence-electron chi connectivity index (χ0n) is 14.5. The summed E-state index contributed by atoms with van der Waals surface area (Å²) in [6, 6.07) is 17.4. The second-order valence-electron chi connectivity index (χ2n) is 6.10. The molecule has 26 heavy (non-hydrogen) atoms. The highest BCUT2D eigenvalue weighted by Gasteiger charge is 2.13. The number of aliphatic hydroxyl groups is 1. The molecule has 0 atom stereocenters. The lowest BCUT2D eigenvalue weighted by Gasteiger charge is -2.25. The van der Waals surface area contributed by atoms with Crippen molar-refractivity contribution in [3.63, 3.8) is 0 Å². The van der Waals surface area contributed by atoms with Gasteiger partial charge in [-0.05, 0) is 48.3 Å². The van der Waals surface area contributed by atoms with Crippen LogP contribution in [0.2, 0.25) is 0 Å².